The lowest BCUT2D eigenvalue weighted by atomic mass is 9.92. The molecule has 3 N–H and O–H groups in total. The van der Waals surface area contributed by atoms with Gasteiger partial charge in [-0.05, 0) is 35.2 Å². The van der Waals surface area contributed by atoms with Crippen LogP contribution in [0, 0.1) is 5.41 Å². The number of nitrogens with one attached hydrogen (secondary N) is 1. The highest BCUT2D eigenvalue weighted by Crippen LogP contribution is 2.20. The molecule has 0 aliphatic heterocycles. The smallest absolute Gasteiger partial charge is 0.221 e. The average molecular weight is 339 g/mol. The van der Waals surface area contributed by atoms with Crippen LogP contribution in [0.1, 0.15) is 31.9 Å². The Kier molecular flexibility index (Phi) is 6.73. The molecule has 1 amide bonds. The van der Waals surface area contributed by atoms with Crippen LogP contribution < -0.4 is 11.1 Å². The van der Waals surface area contributed by atoms with Crippen LogP contribution in [0.2, 0.25) is 0 Å². The molecule has 0 saturated heterocycles. The van der Waals surface area contributed by atoms with E-state index >= 15 is 0 Å². The number of amides is 1. The van der Waals surface area contributed by atoms with Gasteiger partial charge in [0.2, 0.25) is 5.91 Å². The number of rotatable bonds is 8. The van der Waals surface area contributed by atoms with E-state index in [0.717, 1.165) is 25.3 Å². The van der Waals surface area contributed by atoms with Gasteiger partial charge in [0, 0.05) is 32.2 Å². The third-order valence-corrected chi connectivity index (χ3v) is 4.13. The van der Waals surface area contributed by atoms with E-state index in [-0.39, 0.29) is 11.3 Å². The van der Waals surface area contributed by atoms with E-state index < -0.39 is 0 Å². The Bertz CT molecular complexity index is 665. The van der Waals surface area contributed by atoms with Crippen LogP contribution in [0.25, 0.3) is 0 Å². The third-order valence-electron chi connectivity index (χ3n) is 4.13. The first kappa shape index (κ1) is 19.2. The standard InChI is InChI=1S/C21H29N3O/c1-17(25)23-20-11-9-19(10-12-20)14-24(16-21(2,3)15-22)13-18-7-5-4-6-8-18/h4-12H,13-16,22H2,1-3H3,(H,23,25). The van der Waals surface area contributed by atoms with Crippen molar-refractivity contribution in [3.8, 4) is 0 Å². The predicted molar refractivity (Wildman–Crippen MR) is 104 cm³/mol. The summed E-state index contributed by atoms with van der Waals surface area (Å²) < 4.78 is 0. The van der Waals surface area contributed by atoms with Crippen molar-refractivity contribution in [2.75, 3.05) is 18.4 Å². The SMILES string of the molecule is CC(=O)Nc1ccc(CN(Cc2ccccc2)CC(C)(C)CN)cc1. The quantitative estimate of drug-likeness (QED) is 0.772. The molecular weight excluding hydrogens is 310 g/mol. The van der Waals surface area contributed by atoms with E-state index in [1.807, 2.05) is 18.2 Å². The van der Waals surface area contributed by atoms with Gasteiger partial charge in [-0.1, -0.05) is 56.3 Å². The lowest BCUT2D eigenvalue weighted by Crippen LogP contribution is -2.38. The zero-order valence-corrected chi connectivity index (χ0v) is 15.5. The van der Waals surface area contributed by atoms with Crippen molar-refractivity contribution in [2.45, 2.75) is 33.9 Å². The van der Waals surface area contributed by atoms with E-state index in [0.29, 0.717) is 6.54 Å². The minimum Gasteiger partial charge on any atom is -0.330 e. The van der Waals surface area contributed by atoms with Gasteiger partial charge in [-0.3, -0.25) is 9.69 Å². The molecule has 0 atom stereocenters. The molecule has 0 fully saturated rings. The highest BCUT2D eigenvalue weighted by atomic mass is 16.1. The maximum absolute atomic E-state index is 11.1. The van der Waals surface area contributed by atoms with Gasteiger partial charge in [0.05, 0.1) is 0 Å². The van der Waals surface area contributed by atoms with E-state index in [1.54, 1.807) is 0 Å². The molecule has 0 aromatic heterocycles. The second-order valence-electron chi connectivity index (χ2n) is 7.38. The number of carbonyl (C=O) groups is 1. The van der Waals surface area contributed by atoms with Gasteiger partial charge in [0.25, 0.3) is 0 Å². The Morgan fingerprint density at radius 3 is 2.08 bits per heavy atom. The van der Waals surface area contributed by atoms with E-state index in [1.165, 1.54) is 18.1 Å². The largest absolute Gasteiger partial charge is 0.330 e. The van der Waals surface area contributed by atoms with Gasteiger partial charge >= 0.3 is 0 Å². The summed E-state index contributed by atoms with van der Waals surface area (Å²) in [4.78, 5) is 13.6. The Morgan fingerprint density at radius 2 is 1.56 bits per heavy atom. The van der Waals surface area contributed by atoms with Crippen LogP contribution in [0.15, 0.2) is 54.6 Å². The van der Waals surface area contributed by atoms with Crippen LogP contribution in [0.4, 0.5) is 5.69 Å². The Morgan fingerprint density at radius 1 is 1.00 bits per heavy atom. The average Bonchev–Trinajstić information content (AvgIpc) is 2.57. The van der Waals surface area contributed by atoms with Gasteiger partial charge in [-0.2, -0.15) is 0 Å². The molecule has 0 bridgehead atoms. The zero-order valence-electron chi connectivity index (χ0n) is 15.5. The maximum atomic E-state index is 11.1. The summed E-state index contributed by atoms with van der Waals surface area (Å²) in [5.41, 5.74) is 9.34. The summed E-state index contributed by atoms with van der Waals surface area (Å²) in [7, 11) is 0. The number of hydrogen-bond acceptors (Lipinski definition) is 3. The lowest BCUT2D eigenvalue weighted by molar-refractivity contribution is -0.114. The molecule has 0 aliphatic rings. The van der Waals surface area contributed by atoms with E-state index in [9.17, 15) is 4.79 Å². The molecule has 2 aromatic carbocycles. The highest BCUT2D eigenvalue weighted by Gasteiger charge is 2.20. The van der Waals surface area contributed by atoms with Crippen LogP contribution in [-0.2, 0) is 17.9 Å². The minimum absolute atomic E-state index is 0.0526. The number of nitrogens with two attached hydrogens (primary N) is 1. The van der Waals surface area contributed by atoms with Crippen LogP contribution in [0.5, 0.6) is 0 Å². The molecule has 0 aliphatic carbocycles. The highest BCUT2D eigenvalue weighted by molar-refractivity contribution is 5.88. The summed E-state index contributed by atoms with van der Waals surface area (Å²) in [6.45, 7) is 9.22. The fourth-order valence-electron chi connectivity index (χ4n) is 2.83. The molecule has 0 unspecified atom stereocenters. The van der Waals surface area contributed by atoms with Gasteiger partial charge in [-0.25, -0.2) is 0 Å². The van der Waals surface area contributed by atoms with Gasteiger partial charge in [0.1, 0.15) is 0 Å². The molecule has 2 rings (SSSR count). The zero-order chi connectivity index (χ0) is 18.3. The molecule has 0 radical (unpaired) electrons. The van der Waals surface area contributed by atoms with Gasteiger partial charge in [0.15, 0.2) is 0 Å². The molecule has 0 saturated carbocycles. The first-order valence-corrected chi connectivity index (χ1v) is 8.71. The van der Waals surface area contributed by atoms with Gasteiger partial charge < -0.3 is 11.1 Å². The van der Waals surface area contributed by atoms with Crippen molar-refractivity contribution in [3.63, 3.8) is 0 Å². The van der Waals surface area contributed by atoms with Crippen LogP contribution in [-0.4, -0.2) is 23.9 Å². The molecular formula is C21H29N3O. The molecule has 25 heavy (non-hydrogen) atoms. The molecule has 0 spiro atoms. The maximum Gasteiger partial charge on any atom is 0.221 e. The number of benzene rings is 2. The Labute approximate surface area is 151 Å². The molecule has 4 nitrogen and oxygen atoms in total. The summed E-state index contributed by atoms with van der Waals surface area (Å²) in [6.07, 6.45) is 0. The Balaban J connectivity index is 2.10. The van der Waals surface area contributed by atoms with E-state index in [2.05, 4.69) is 60.5 Å². The number of hydrogen-bond donors (Lipinski definition) is 2. The molecule has 0 heterocycles. The van der Waals surface area contributed by atoms with Crippen molar-refractivity contribution in [1.82, 2.24) is 4.90 Å². The summed E-state index contributed by atoms with van der Waals surface area (Å²) in [5, 5.41) is 2.80. The lowest BCUT2D eigenvalue weighted by Gasteiger charge is -2.32. The predicted octanol–water partition coefficient (Wildman–Crippen LogP) is 3.63. The molecule has 2 aromatic rings. The van der Waals surface area contributed by atoms with Crippen molar-refractivity contribution >= 4 is 11.6 Å². The van der Waals surface area contributed by atoms with Crippen molar-refractivity contribution < 1.29 is 4.79 Å². The minimum atomic E-state index is -0.0526. The summed E-state index contributed by atoms with van der Waals surface area (Å²) in [6, 6.07) is 18.5. The fraction of sp³-hybridized carbons (Fsp3) is 0.381. The second kappa shape index (κ2) is 8.79. The normalized spacial score (nSPS) is 11.6. The monoisotopic (exact) mass is 339 g/mol. The van der Waals surface area contributed by atoms with Crippen LogP contribution in [0.3, 0.4) is 0 Å². The topological polar surface area (TPSA) is 58.4 Å². The molecule has 134 valence electrons. The Hall–Kier alpha value is -2.17. The molecule has 4 heteroatoms. The number of nitrogens with zero attached hydrogens (tertiary/aromatic N) is 1. The first-order valence-electron chi connectivity index (χ1n) is 8.71. The third kappa shape index (κ3) is 6.69. The number of carbonyl (C=O) groups excluding carboxylic acids is 1. The fourth-order valence-corrected chi connectivity index (χ4v) is 2.83. The van der Waals surface area contributed by atoms with E-state index in [4.69, 9.17) is 5.73 Å². The summed E-state index contributed by atoms with van der Waals surface area (Å²) >= 11 is 0. The van der Waals surface area contributed by atoms with Crippen molar-refractivity contribution in [1.29, 1.82) is 0 Å². The van der Waals surface area contributed by atoms with Crippen molar-refractivity contribution in [2.24, 2.45) is 11.1 Å². The first-order chi connectivity index (χ1) is 11.9. The van der Waals surface area contributed by atoms with Crippen molar-refractivity contribution in [3.05, 3.63) is 65.7 Å². The van der Waals surface area contributed by atoms with Gasteiger partial charge in [-0.15, -0.1) is 0 Å². The number of anilines is 1. The second-order valence-corrected chi connectivity index (χ2v) is 7.38. The van der Waals surface area contributed by atoms with Crippen LogP contribution >= 0.6 is 0 Å². The summed E-state index contributed by atoms with van der Waals surface area (Å²) in [5.74, 6) is -0.0526.